The summed E-state index contributed by atoms with van der Waals surface area (Å²) >= 11 is 0. The van der Waals surface area contributed by atoms with Crippen LogP contribution in [0.3, 0.4) is 0 Å². The third-order valence-electron chi connectivity index (χ3n) is 4.54. The Labute approximate surface area is 154 Å². The predicted molar refractivity (Wildman–Crippen MR) is 102 cm³/mol. The fraction of sp³-hybridized carbons (Fsp3) is 0.316. The lowest BCUT2D eigenvalue weighted by molar-refractivity contribution is 0.184. The minimum atomic E-state index is -3.51. The number of anilines is 1. The van der Waals surface area contributed by atoms with E-state index >= 15 is 0 Å². The zero-order valence-electron chi connectivity index (χ0n) is 15.0. The van der Waals surface area contributed by atoms with E-state index in [1.54, 1.807) is 35.2 Å². The highest BCUT2D eigenvalue weighted by Gasteiger charge is 2.30. The first-order valence-corrected chi connectivity index (χ1v) is 10.0. The first-order valence-electron chi connectivity index (χ1n) is 8.56. The molecule has 3 rings (SSSR count). The van der Waals surface area contributed by atoms with Gasteiger partial charge in [-0.1, -0.05) is 30.3 Å². The second kappa shape index (κ2) is 7.47. The minimum absolute atomic E-state index is 0.199. The van der Waals surface area contributed by atoms with E-state index in [0.717, 1.165) is 16.8 Å². The molecule has 7 heteroatoms. The number of aryl methyl sites for hydroxylation is 2. The molecule has 1 fully saturated rings. The van der Waals surface area contributed by atoms with Gasteiger partial charge in [-0.25, -0.2) is 13.2 Å². The van der Waals surface area contributed by atoms with Crippen LogP contribution in [0.1, 0.15) is 11.1 Å². The first kappa shape index (κ1) is 18.4. The summed E-state index contributed by atoms with van der Waals surface area (Å²) in [7, 11) is -3.51. The van der Waals surface area contributed by atoms with Crippen LogP contribution in [0, 0.1) is 13.8 Å². The number of amides is 2. The van der Waals surface area contributed by atoms with Gasteiger partial charge in [0, 0.05) is 31.9 Å². The number of rotatable bonds is 3. The van der Waals surface area contributed by atoms with Gasteiger partial charge >= 0.3 is 6.03 Å². The van der Waals surface area contributed by atoms with E-state index in [1.807, 2.05) is 32.0 Å². The summed E-state index contributed by atoms with van der Waals surface area (Å²) in [6.45, 7) is 5.22. The summed E-state index contributed by atoms with van der Waals surface area (Å²) in [6.07, 6.45) is 0. The van der Waals surface area contributed by atoms with Gasteiger partial charge in [0.15, 0.2) is 0 Å². The molecule has 26 heavy (non-hydrogen) atoms. The number of nitrogens with zero attached hydrogens (tertiary/aromatic N) is 2. The molecule has 2 aromatic rings. The molecule has 1 heterocycles. The SMILES string of the molecule is Cc1ccc(C)c(NC(=O)N2CCN(S(=O)(=O)c3ccccc3)CC2)c1. The fourth-order valence-corrected chi connectivity index (χ4v) is 4.38. The van der Waals surface area contributed by atoms with Crippen LogP contribution in [0.2, 0.25) is 0 Å². The van der Waals surface area contributed by atoms with Crippen LogP contribution in [0.5, 0.6) is 0 Å². The van der Waals surface area contributed by atoms with Crippen molar-refractivity contribution in [2.45, 2.75) is 18.7 Å². The number of benzene rings is 2. The maximum absolute atomic E-state index is 12.6. The number of urea groups is 1. The molecule has 6 nitrogen and oxygen atoms in total. The Morgan fingerprint density at radius 1 is 0.962 bits per heavy atom. The Bertz CT molecular complexity index is 890. The van der Waals surface area contributed by atoms with Crippen LogP contribution in [-0.4, -0.2) is 49.8 Å². The van der Waals surface area contributed by atoms with Gasteiger partial charge in [0.25, 0.3) is 0 Å². The second-order valence-corrected chi connectivity index (χ2v) is 8.39. The Balaban J connectivity index is 1.63. The number of carbonyl (C=O) groups excluding carboxylic acids is 1. The van der Waals surface area contributed by atoms with Gasteiger partial charge in [-0.05, 0) is 43.2 Å². The zero-order valence-corrected chi connectivity index (χ0v) is 15.8. The Hall–Kier alpha value is -2.38. The summed E-state index contributed by atoms with van der Waals surface area (Å²) in [5, 5.41) is 2.93. The monoisotopic (exact) mass is 373 g/mol. The molecule has 1 aliphatic heterocycles. The topological polar surface area (TPSA) is 69.7 Å². The molecular formula is C19H23N3O3S. The number of piperazine rings is 1. The van der Waals surface area contributed by atoms with Crippen molar-refractivity contribution in [3.8, 4) is 0 Å². The van der Waals surface area contributed by atoms with Gasteiger partial charge in [0.2, 0.25) is 10.0 Å². The summed E-state index contributed by atoms with van der Waals surface area (Å²) in [4.78, 5) is 14.4. The molecule has 2 amide bonds. The molecule has 0 atom stereocenters. The molecule has 1 saturated heterocycles. The van der Waals surface area contributed by atoms with Gasteiger partial charge in [0.05, 0.1) is 4.90 Å². The average molecular weight is 373 g/mol. The van der Waals surface area contributed by atoms with E-state index in [-0.39, 0.29) is 24.0 Å². The summed E-state index contributed by atoms with van der Waals surface area (Å²) in [6, 6.07) is 14.1. The number of hydrogen-bond acceptors (Lipinski definition) is 3. The predicted octanol–water partition coefficient (Wildman–Crippen LogP) is 2.84. The van der Waals surface area contributed by atoms with Crippen LogP contribution < -0.4 is 5.32 Å². The van der Waals surface area contributed by atoms with Crippen molar-refractivity contribution in [3.63, 3.8) is 0 Å². The van der Waals surface area contributed by atoms with E-state index in [9.17, 15) is 13.2 Å². The van der Waals surface area contributed by atoms with Gasteiger partial charge in [-0.15, -0.1) is 0 Å². The summed E-state index contributed by atoms with van der Waals surface area (Å²) in [5.74, 6) is 0. The molecule has 0 bridgehead atoms. The summed E-state index contributed by atoms with van der Waals surface area (Å²) < 4.78 is 26.7. The van der Waals surface area contributed by atoms with Crippen molar-refractivity contribution in [1.82, 2.24) is 9.21 Å². The Morgan fingerprint density at radius 3 is 2.27 bits per heavy atom. The molecule has 2 aromatic carbocycles. The van der Waals surface area contributed by atoms with Crippen molar-refractivity contribution in [3.05, 3.63) is 59.7 Å². The van der Waals surface area contributed by atoms with E-state index in [0.29, 0.717) is 13.1 Å². The molecule has 138 valence electrons. The Kier molecular flexibility index (Phi) is 5.29. The van der Waals surface area contributed by atoms with Gasteiger partial charge in [-0.3, -0.25) is 0 Å². The van der Waals surface area contributed by atoms with Gasteiger partial charge in [0.1, 0.15) is 0 Å². The summed E-state index contributed by atoms with van der Waals surface area (Å²) in [5.41, 5.74) is 2.85. The van der Waals surface area contributed by atoms with E-state index in [2.05, 4.69) is 5.32 Å². The molecule has 1 aliphatic rings. The molecular weight excluding hydrogens is 350 g/mol. The van der Waals surface area contributed by atoms with Crippen molar-refractivity contribution in [2.24, 2.45) is 0 Å². The van der Waals surface area contributed by atoms with Gasteiger partial charge in [-0.2, -0.15) is 4.31 Å². The van der Waals surface area contributed by atoms with Crippen molar-refractivity contribution in [2.75, 3.05) is 31.5 Å². The first-order chi connectivity index (χ1) is 12.4. The molecule has 1 N–H and O–H groups in total. The Morgan fingerprint density at radius 2 is 1.62 bits per heavy atom. The molecule has 0 aromatic heterocycles. The third kappa shape index (κ3) is 3.89. The molecule has 0 unspecified atom stereocenters. The second-order valence-electron chi connectivity index (χ2n) is 6.45. The maximum Gasteiger partial charge on any atom is 0.321 e. The van der Waals surface area contributed by atoms with Crippen molar-refractivity contribution in [1.29, 1.82) is 0 Å². The highest BCUT2D eigenvalue weighted by Crippen LogP contribution is 2.19. The number of carbonyl (C=O) groups is 1. The highest BCUT2D eigenvalue weighted by atomic mass is 32.2. The number of hydrogen-bond donors (Lipinski definition) is 1. The molecule has 0 radical (unpaired) electrons. The quantitative estimate of drug-likeness (QED) is 0.899. The number of nitrogens with one attached hydrogen (secondary N) is 1. The molecule has 0 spiro atoms. The normalized spacial score (nSPS) is 15.7. The van der Waals surface area contributed by atoms with Crippen molar-refractivity contribution < 1.29 is 13.2 Å². The highest BCUT2D eigenvalue weighted by molar-refractivity contribution is 7.89. The lowest BCUT2D eigenvalue weighted by Gasteiger charge is -2.34. The average Bonchev–Trinajstić information content (AvgIpc) is 2.65. The lowest BCUT2D eigenvalue weighted by Crippen LogP contribution is -2.51. The van der Waals surface area contributed by atoms with E-state index < -0.39 is 10.0 Å². The van der Waals surface area contributed by atoms with Crippen LogP contribution in [0.4, 0.5) is 10.5 Å². The maximum atomic E-state index is 12.6. The largest absolute Gasteiger partial charge is 0.322 e. The van der Waals surface area contributed by atoms with Gasteiger partial charge < -0.3 is 10.2 Å². The van der Waals surface area contributed by atoms with Crippen LogP contribution in [0.25, 0.3) is 0 Å². The zero-order chi connectivity index (χ0) is 18.7. The molecule has 0 aliphatic carbocycles. The minimum Gasteiger partial charge on any atom is -0.322 e. The van der Waals surface area contributed by atoms with Crippen LogP contribution >= 0.6 is 0 Å². The van der Waals surface area contributed by atoms with Crippen LogP contribution in [0.15, 0.2) is 53.4 Å². The molecule has 0 saturated carbocycles. The van der Waals surface area contributed by atoms with E-state index in [1.165, 1.54) is 4.31 Å². The standard InChI is InChI=1S/C19H23N3O3S/c1-15-8-9-16(2)18(14-15)20-19(23)21-10-12-22(13-11-21)26(24,25)17-6-4-3-5-7-17/h3-9,14H,10-13H2,1-2H3,(H,20,23). The van der Waals surface area contributed by atoms with Crippen LogP contribution in [-0.2, 0) is 10.0 Å². The third-order valence-corrected chi connectivity index (χ3v) is 6.45. The number of sulfonamides is 1. The van der Waals surface area contributed by atoms with Crippen molar-refractivity contribution >= 4 is 21.7 Å². The lowest BCUT2D eigenvalue weighted by atomic mass is 10.1. The smallest absolute Gasteiger partial charge is 0.321 e. The fourth-order valence-electron chi connectivity index (χ4n) is 2.94. The van der Waals surface area contributed by atoms with E-state index in [4.69, 9.17) is 0 Å².